The topological polar surface area (TPSA) is 42.7 Å². The van der Waals surface area contributed by atoms with Crippen molar-refractivity contribution in [2.45, 2.75) is 27.7 Å². The summed E-state index contributed by atoms with van der Waals surface area (Å²) >= 11 is 3.31. The average Bonchev–Trinajstić information content (AvgIpc) is 3.17. The lowest BCUT2D eigenvalue weighted by atomic mass is 10.2. The quantitative estimate of drug-likeness (QED) is 0.733. The van der Waals surface area contributed by atoms with Crippen LogP contribution in [-0.2, 0) is 0 Å². The van der Waals surface area contributed by atoms with Crippen LogP contribution in [0.5, 0.6) is 0 Å². The molecule has 0 saturated carbocycles. The summed E-state index contributed by atoms with van der Waals surface area (Å²) in [5, 5.41) is 9.52. The largest absolute Gasteiger partial charge is 0.361 e. The van der Waals surface area contributed by atoms with Crippen LogP contribution in [0, 0.1) is 19.8 Å². The molecule has 1 N–H and O–H groups in total. The number of aryl methyl sites for hydroxylation is 1. The molecule has 0 fully saturated rings. The van der Waals surface area contributed by atoms with Gasteiger partial charge in [-0.25, -0.2) is 9.97 Å². The van der Waals surface area contributed by atoms with E-state index in [0.717, 1.165) is 22.5 Å². The van der Waals surface area contributed by atoms with Crippen LogP contribution in [0.4, 0.5) is 5.13 Å². The van der Waals surface area contributed by atoms with Crippen molar-refractivity contribution in [3.05, 3.63) is 34.4 Å². The summed E-state index contributed by atoms with van der Waals surface area (Å²) in [4.78, 5) is 9.15. The highest BCUT2D eigenvalue weighted by Gasteiger charge is 2.15. The molecule has 0 atom stereocenters. The van der Waals surface area contributed by atoms with Crippen LogP contribution in [0.25, 0.3) is 16.4 Å². The lowest BCUT2D eigenvalue weighted by molar-refractivity contribution is 0.688. The first-order chi connectivity index (χ1) is 10.6. The minimum Gasteiger partial charge on any atom is -0.361 e. The van der Waals surface area contributed by atoms with E-state index in [9.17, 15) is 0 Å². The minimum absolute atomic E-state index is 0.613. The number of hydrogen-bond acceptors (Lipinski definition) is 5. The molecule has 116 valence electrons. The predicted molar refractivity (Wildman–Crippen MR) is 95.4 cm³/mol. The van der Waals surface area contributed by atoms with Gasteiger partial charge in [0.15, 0.2) is 10.3 Å². The SMILES string of the molecule is Cc1cc(-c2csc(NCC(C)C)n2)c(C)n1-c1nccs1. The van der Waals surface area contributed by atoms with Crippen molar-refractivity contribution in [1.82, 2.24) is 14.5 Å². The predicted octanol–water partition coefficient (Wildman–Crippen LogP) is 4.74. The van der Waals surface area contributed by atoms with Gasteiger partial charge in [0.05, 0.1) is 5.69 Å². The Bertz CT molecular complexity index is 753. The van der Waals surface area contributed by atoms with E-state index in [-0.39, 0.29) is 0 Å². The summed E-state index contributed by atoms with van der Waals surface area (Å²) in [5.74, 6) is 0.613. The van der Waals surface area contributed by atoms with Gasteiger partial charge >= 0.3 is 0 Å². The van der Waals surface area contributed by atoms with Crippen LogP contribution < -0.4 is 5.32 Å². The Kier molecular flexibility index (Phi) is 4.31. The Morgan fingerprint density at radius 1 is 1.27 bits per heavy atom. The molecular weight excluding hydrogens is 312 g/mol. The first-order valence-electron chi connectivity index (χ1n) is 7.35. The highest BCUT2D eigenvalue weighted by atomic mass is 32.1. The molecule has 22 heavy (non-hydrogen) atoms. The fraction of sp³-hybridized carbons (Fsp3) is 0.375. The number of thiazole rings is 2. The van der Waals surface area contributed by atoms with E-state index in [0.29, 0.717) is 5.92 Å². The van der Waals surface area contributed by atoms with Crippen molar-refractivity contribution >= 4 is 27.8 Å². The molecule has 0 amide bonds. The molecule has 0 bridgehead atoms. The normalized spacial score (nSPS) is 11.3. The molecule has 0 radical (unpaired) electrons. The molecule has 0 aliphatic heterocycles. The van der Waals surface area contributed by atoms with E-state index < -0.39 is 0 Å². The Morgan fingerprint density at radius 2 is 2.09 bits per heavy atom. The molecule has 0 aliphatic rings. The second-order valence-corrected chi connectivity index (χ2v) is 7.48. The molecule has 3 rings (SSSR count). The van der Waals surface area contributed by atoms with E-state index in [1.165, 1.54) is 17.0 Å². The van der Waals surface area contributed by atoms with E-state index in [2.05, 4.69) is 54.0 Å². The van der Waals surface area contributed by atoms with Gasteiger partial charge in [-0.05, 0) is 25.8 Å². The summed E-state index contributed by atoms with van der Waals surface area (Å²) in [7, 11) is 0. The summed E-state index contributed by atoms with van der Waals surface area (Å²) < 4.78 is 2.20. The number of nitrogens with one attached hydrogen (secondary N) is 1. The summed E-state index contributed by atoms with van der Waals surface area (Å²) in [6.45, 7) is 9.59. The highest BCUT2D eigenvalue weighted by molar-refractivity contribution is 7.14. The fourth-order valence-electron chi connectivity index (χ4n) is 2.41. The fourth-order valence-corrected chi connectivity index (χ4v) is 3.89. The van der Waals surface area contributed by atoms with Crippen molar-refractivity contribution in [1.29, 1.82) is 0 Å². The molecule has 3 heterocycles. The highest BCUT2D eigenvalue weighted by Crippen LogP contribution is 2.32. The minimum atomic E-state index is 0.613. The van der Waals surface area contributed by atoms with Gasteiger partial charge in [0.2, 0.25) is 0 Å². The number of aromatic nitrogens is 3. The molecule has 3 aromatic heterocycles. The number of rotatable bonds is 5. The van der Waals surface area contributed by atoms with Crippen LogP contribution in [0.3, 0.4) is 0 Å². The maximum Gasteiger partial charge on any atom is 0.193 e. The molecule has 0 aromatic carbocycles. The molecule has 0 unspecified atom stereocenters. The van der Waals surface area contributed by atoms with Crippen molar-refractivity contribution in [3.63, 3.8) is 0 Å². The van der Waals surface area contributed by atoms with E-state index in [1.807, 2.05) is 11.6 Å². The van der Waals surface area contributed by atoms with E-state index in [1.54, 1.807) is 22.7 Å². The standard InChI is InChI=1S/C16H20N4S2/c1-10(2)8-18-15-19-14(9-22-15)13-7-11(3)20(12(13)4)16-17-5-6-21-16/h5-7,9-10H,8H2,1-4H3,(H,18,19). The monoisotopic (exact) mass is 332 g/mol. The molecule has 0 saturated heterocycles. The summed E-state index contributed by atoms with van der Waals surface area (Å²) in [6.07, 6.45) is 1.84. The van der Waals surface area contributed by atoms with E-state index in [4.69, 9.17) is 4.98 Å². The molecular formula is C16H20N4S2. The smallest absolute Gasteiger partial charge is 0.193 e. The Hall–Kier alpha value is -1.66. The zero-order chi connectivity index (χ0) is 15.7. The first kappa shape index (κ1) is 15.2. The van der Waals surface area contributed by atoms with Crippen LogP contribution in [-0.4, -0.2) is 21.1 Å². The van der Waals surface area contributed by atoms with Crippen LogP contribution in [0.2, 0.25) is 0 Å². The van der Waals surface area contributed by atoms with Crippen molar-refractivity contribution < 1.29 is 0 Å². The first-order valence-corrected chi connectivity index (χ1v) is 9.10. The zero-order valence-electron chi connectivity index (χ0n) is 13.3. The number of hydrogen-bond donors (Lipinski definition) is 1. The summed E-state index contributed by atoms with van der Waals surface area (Å²) in [5.41, 5.74) is 4.59. The third-order valence-electron chi connectivity index (χ3n) is 3.48. The second kappa shape index (κ2) is 6.22. The maximum atomic E-state index is 4.73. The van der Waals surface area contributed by atoms with Crippen molar-refractivity contribution in [2.24, 2.45) is 5.92 Å². The molecule has 4 nitrogen and oxygen atoms in total. The second-order valence-electron chi connectivity index (χ2n) is 5.75. The van der Waals surface area contributed by atoms with Crippen LogP contribution in [0.15, 0.2) is 23.0 Å². The van der Waals surface area contributed by atoms with Gasteiger partial charge in [0.25, 0.3) is 0 Å². The van der Waals surface area contributed by atoms with Gasteiger partial charge in [-0.1, -0.05) is 13.8 Å². The maximum absolute atomic E-state index is 4.73. The van der Waals surface area contributed by atoms with E-state index >= 15 is 0 Å². The summed E-state index contributed by atoms with van der Waals surface area (Å²) in [6, 6.07) is 2.19. The molecule has 0 aliphatic carbocycles. The third-order valence-corrected chi connectivity index (χ3v) is 5.04. The van der Waals surface area contributed by atoms with Gasteiger partial charge in [0.1, 0.15) is 0 Å². The van der Waals surface area contributed by atoms with Gasteiger partial charge in [-0.3, -0.25) is 4.57 Å². The van der Waals surface area contributed by atoms with Gasteiger partial charge in [-0.15, -0.1) is 22.7 Å². The Morgan fingerprint density at radius 3 is 2.77 bits per heavy atom. The zero-order valence-corrected chi connectivity index (χ0v) is 14.9. The van der Waals surface area contributed by atoms with Crippen LogP contribution >= 0.6 is 22.7 Å². The third kappa shape index (κ3) is 2.94. The van der Waals surface area contributed by atoms with Gasteiger partial charge in [-0.2, -0.15) is 0 Å². The Labute approximate surface area is 138 Å². The lowest BCUT2D eigenvalue weighted by Gasteiger charge is -2.05. The number of nitrogens with zero attached hydrogens (tertiary/aromatic N) is 3. The molecule has 6 heteroatoms. The van der Waals surface area contributed by atoms with Crippen molar-refractivity contribution in [2.75, 3.05) is 11.9 Å². The van der Waals surface area contributed by atoms with Gasteiger partial charge in [0, 0.05) is 40.5 Å². The Balaban J connectivity index is 1.91. The van der Waals surface area contributed by atoms with Crippen molar-refractivity contribution in [3.8, 4) is 16.4 Å². The van der Waals surface area contributed by atoms with Crippen LogP contribution in [0.1, 0.15) is 25.2 Å². The lowest BCUT2D eigenvalue weighted by Crippen LogP contribution is -2.07. The molecule has 0 spiro atoms. The number of anilines is 1. The average molecular weight is 332 g/mol. The molecule has 3 aromatic rings. The van der Waals surface area contributed by atoms with Gasteiger partial charge < -0.3 is 5.32 Å².